The molecule has 0 bridgehead atoms. The van der Waals surface area contributed by atoms with Gasteiger partial charge in [-0.25, -0.2) is 4.68 Å². The van der Waals surface area contributed by atoms with Crippen LogP contribution in [0.2, 0.25) is 0 Å². The fraction of sp³-hybridized carbons (Fsp3) is 0.263. The highest BCUT2D eigenvalue weighted by atomic mass is 16.5. The molecular weight excluding hydrogens is 330 g/mol. The number of hydrogen-bond acceptors (Lipinski definition) is 5. The molecule has 1 aliphatic heterocycles. The number of hydrogen-bond donors (Lipinski definition) is 0. The molecule has 1 aromatic carbocycles. The monoisotopic (exact) mass is 349 g/mol. The lowest BCUT2D eigenvalue weighted by Crippen LogP contribution is -2.28. The van der Waals surface area contributed by atoms with Crippen LogP contribution in [0.15, 0.2) is 48.7 Å². The van der Waals surface area contributed by atoms with Crippen LogP contribution < -0.4 is 4.74 Å². The molecule has 1 amide bonds. The third kappa shape index (κ3) is 2.81. The molecule has 132 valence electrons. The van der Waals surface area contributed by atoms with E-state index in [-0.39, 0.29) is 5.91 Å². The molecule has 3 aromatic rings. The SMILES string of the molecule is COc1ccccc1-n1nnc(C(=O)N2CCCC2)c1-c1ccccn1. The summed E-state index contributed by atoms with van der Waals surface area (Å²) in [6, 6.07) is 13.1. The molecule has 0 unspecified atom stereocenters. The highest BCUT2D eigenvalue weighted by Gasteiger charge is 2.29. The average Bonchev–Trinajstić information content (AvgIpc) is 3.38. The maximum absolute atomic E-state index is 13.0. The molecular formula is C19H19N5O2. The number of aromatic nitrogens is 4. The fourth-order valence-corrected chi connectivity index (χ4v) is 3.20. The van der Waals surface area contributed by atoms with Gasteiger partial charge in [0.15, 0.2) is 5.69 Å². The minimum Gasteiger partial charge on any atom is -0.494 e. The number of carbonyl (C=O) groups is 1. The Morgan fingerprint density at radius 3 is 2.58 bits per heavy atom. The summed E-state index contributed by atoms with van der Waals surface area (Å²) in [6.45, 7) is 1.50. The van der Waals surface area contributed by atoms with Crippen molar-refractivity contribution in [3.63, 3.8) is 0 Å². The van der Waals surface area contributed by atoms with Gasteiger partial charge in [-0.2, -0.15) is 0 Å². The second-order valence-corrected chi connectivity index (χ2v) is 6.08. The van der Waals surface area contributed by atoms with E-state index in [4.69, 9.17) is 4.74 Å². The maximum atomic E-state index is 13.0. The predicted octanol–water partition coefficient (Wildman–Crippen LogP) is 2.57. The van der Waals surface area contributed by atoms with Crippen LogP contribution in [0.3, 0.4) is 0 Å². The summed E-state index contributed by atoms with van der Waals surface area (Å²) >= 11 is 0. The Bertz CT molecular complexity index is 917. The molecule has 4 rings (SSSR count). The zero-order valence-corrected chi connectivity index (χ0v) is 14.5. The van der Waals surface area contributed by atoms with Crippen LogP contribution in [-0.2, 0) is 0 Å². The summed E-state index contributed by atoms with van der Waals surface area (Å²) in [4.78, 5) is 19.2. The molecule has 26 heavy (non-hydrogen) atoms. The summed E-state index contributed by atoms with van der Waals surface area (Å²) in [6.07, 6.45) is 3.73. The van der Waals surface area contributed by atoms with E-state index in [1.807, 2.05) is 47.4 Å². The van der Waals surface area contributed by atoms with E-state index >= 15 is 0 Å². The molecule has 0 radical (unpaired) electrons. The Balaban J connectivity index is 1.89. The van der Waals surface area contributed by atoms with E-state index in [2.05, 4.69) is 15.3 Å². The van der Waals surface area contributed by atoms with E-state index in [1.165, 1.54) is 0 Å². The molecule has 1 fully saturated rings. The van der Waals surface area contributed by atoms with Gasteiger partial charge in [-0.05, 0) is 37.1 Å². The molecule has 0 saturated carbocycles. The number of rotatable bonds is 4. The van der Waals surface area contributed by atoms with E-state index in [0.717, 1.165) is 25.9 Å². The van der Waals surface area contributed by atoms with Crippen molar-refractivity contribution < 1.29 is 9.53 Å². The Hall–Kier alpha value is -3.22. The van der Waals surface area contributed by atoms with Crippen molar-refractivity contribution in [1.82, 2.24) is 24.9 Å². The van der Waals surface area contributed by atoms with Crippen LogP contribution in [0.25, 0.3) is 17.1 Å². The van der Waals surface area contributed by atoms with Crippen molar-refractivity contribution >= 4 is 5.91 Å². The lowest BCUT2D eigenvalue weighted by Gasteiger charge is -2.15. The van der Waals surface area contributed by atoms with Crippen LogP contribution in [0.4, 0.5) is 0 Å². The summed E-state index contributed by atoms with van der Waals surface area (Å²) in [5, 5.41) is 8.48. The minimum atomic E-state index is -0.107. The Kier molecular flexibility index (Phi) is 4.35. The lowest BCUT2D eigenvalue weighted by molar-refractivity contribution is 0.0787. The number of carbonyl (C=O) groups excluding carboxylic acids is 1. The number of para-hydroxylation sites is 2. The third-order valence-electron chi connectivity index (χ3n) is 4.49. The normalized spacial score (nSPS) is 13.8. The molecule has 3 heterocycles. The summed E-state index contributed by atoms with van der Waals surface area (Å²) in [5.74, 6) is 0.541. The number of likely N-dealkylation sites (tertiary alicyclic amines) is 1. The molecule has 7 nitrogen and oxygen atoms in total. The second kappa shape index (κ2) is 6.95. The van der Waals surface area contributed by atoms with Gasteiger partial charge in [0, 0.05) is 19.3 Å². The van der Waals surface area contributed by atoms with Crippen molar-refractivity contribution in [2.45, 2.75) is 12.8 Å². The average molecular weight is 349 g/mol. The van der Waals surface area contributed by atoms with Gasteiger partial charge in [0.05, 0.1) is 12.8 Å². The summed E-state index contributed by atoms with van der Waals surface area (Å²) in [7, 11) is 1.60. The van der Waals surface area contributed by atoms with E-state index in [9.17, 15) is 4.79 Å². The Morgan fingerprint density at radius 2 is 1.85 bits per heavy atom. The first-order valence-corrected chi connectivity index (χ1v) is 8.59. The Labute approximate surface area is 151 Å². The minimum absolute atomic E-state index is 0.107. The van der Waals surface area contributed by atoms with Crippen LogP contribution in [0.5, 0.6) is 5.75 Å². The van der Waals surface area contributed by atoms with Gasteiger partial charge in [-0.1, -0.05) is 23.4 Å². The highest BCUT2D eigenvalue weighted by molar-refractivity contribution is 5.98. The van der Waals surface area contributed by atoms with Gasteiger partial charge in [0.25, 0.3) is 5.91 Å². The van der Waals surface area contributed by atoms with Crippen molar-refractivity contribution in [3.8, 4) is 22.8 Å². The topological polar surface area (TPSA) is 73.1 Å². The molecule has 7 heteroatoms. The molecule has 0 N–H and O–H groups in total. The zero-order valence-electron chi connectivity index (χ0n) is 14.5. The number of methoxy groups -OCH3 is 1. The number of amides is 1. The molecule has 0 atom stereocenters. The van der Waals surface area contributed by atoms with E-state index in [1.54, 1.807) is 18.0 Å². The first-order valence-electron chi connectivity index (χ1n) is 8.59. The van der Waals surface area contributed by atoms with Crippen LogP contribution in [0, 0.1) is 0 Å². The van der Waals surface area contributed by atoms with Crippen molar-refractivity contribution in [1.29, 1.82) is 0 Å². The molecule has 2 aromatic heterocycles. The first kappa shape index (κ1) is 16.3. The highest BCUT2D eigenvalue weighted by Crippen LogP contribution is 2.29. The number of pyridine rings is 1. The number of nitrogens with zero attached hydrogens (tertiary/aromatic N) is 5. The summed E-state index contributed by atoms with van der Waals surface area (Å²) in [5.41, 5.74) is 2.25. The van der Waals surface area contributed by atoms with Crippen LogP contribution >= 0.6 is 0 Å². The standard InChI is InChI=1S/C19H19N5O2/c1-26-16-10-3-2-9-15(16)24-18(14-8-4-5-11-20-14)17(21-22-24)19(25)23-12-6-7-13-23/h2-5,8-11H,6-7,12-13H2,1H3. The second-order valence-electron chi connectivity index (χ2n) is 6.08. The van der Waals surface area contributed by atoms with Gasteiger partial charge < -0.3 is 9.64 Å². The molecule has 1 aliphatic rings. The van der Waals surface area contributed by atoms with E-state index in [0.29, 0.717) is 28.5 Å². The van der Waals surface area contributed by atoms with Crippen LogP contribution in [0.1, 0.15) is 23.3 Å². The molecule has 0 aliphatic carbocycles. The van der Waals surface area contributed by atoms with Crippen molar-refractivity contribution in [2.75, 3.05) is 20.2 Å². The van der Waals surface area contributed by atoms with Crippen LogP contribution in [-0.4, -0.2) is 51.0 Å². The predicted molar refractivity (Wildman–Crippen MR) is 96.3 cm³/mol. The fourth-order valence-electron chi connectivity index (χ4n) is 3.20. The van der Waals surface area contributed by atoms with Gasteiger partial charge in [-0.15, -0.1) is 5.10 Å². The van der Waals surface area contributed by atoms with Crippen molar-refractivity contribution in [3.05, 3.63) is 54.4 Å². The quantitative estimate of drug-likeness (QED) is 0.724. The first-order chi connectivity index (χ1) is 12.8. The van der Waals surface area contributed by atoms with Gasteiger partial charge in [0.2, 0.25) is 0 Å². The largest absolute Gasteiger partial charge is 0.494 e. The van der Waals surface area contributed by atoms with E-state index < -0.39 is 0 Å². The van der Waals surface area contributed by atoms with Gasteiger partial charge >= 0.3 is 0 Å². The number of ether oxygens (including phenoxy) is 1. The Morgan fingerprint density at radius 1 is 1.08 bits per heavy atom. The van der Waals surface area contributed by atoms with Gasteiger partial charge in [-0.3, -0.25) is 9.78 Å². The van der Waals surface area contributed by atoms with Gasteiger partial charge in [0.1, 0.15) is 17.1 Å². The lowest BCUT2D eigenvalue weighted by atomic mass is 10.2. The van der Waals surface area contributed by atoms with Crippen molar-refractivity contribution in [2.24, 2.45) is 0 Å². The molecule has 0 spiro atoms. The molecule has 1 saturated heterocycles. The third-order valence-corrected chi connectivity index (χ3v) is 4.49. The number of benzene rings is 1. The maximum Gasteiger partial charge on any atom is 0.276 e. The smallest absolute Gasteiger partial charge is 0.276 e. The zero-order chi connectivity index (χ0) is 17.9. The summed E-state index contributed by atoms with van der Waals surface area (Å²) < 4.78 is 7.09.